The highest BCUT2D eigenvalue weighted by Crippen LogP contribution is 2.33. The molecular weight excluding hydrogens is 1760 g/mol. The number of anilines is 3. The van der Waals surface area contributed by atoms with Crippen LogP contribution in [0, 0.1) is 38.5 Å². The number of imidazole rings is 2. The Morgan fingerprint density at radius 1 is 0.653 bits per heavy atom. The van der Waals surface area contributed by atoms with Crippen molar-refractivity contribution in [3.63, 3.8) is 0 Å². The first-order chi connectivity index (χ1) is 45.6. The summed E-state index contributed by atoms with van der Waals surface area (Å²) in [7, 11) is 0.594. The molecule has 0 saturated carbocycles. The van der Waals surface area contributed by atoms with Crippen LogP contribution >= 0.6 is 97.9 Å². The molecule has 1 fully saturated rings. The van der Waals surface area contributed by atoms with Crippen molar-refractivity contribution in [2.45, 2.75) is 85.2 Å². The molecule has 1 saturated heterocycles. The van der Waals surface area contributed by atoms with E-state index in [-0.39, 0.29) is 76.8 Å². The number of aryl methyl sites for hydroxylation is 1. The summed E-state index contributed by atoms with van der Waals surface area (Å²) in [5.41, 5.74) is 8.98. The van der Waals surface area contributed by atoms with Crippen molar-refractivity contribution in [3.8, 4) is 6.07 Å². The number of nitriles is 1. The Morgan fingerprint density at radius 2 is 0.969 bits per heavy atom. The maximum atomic E-state index is 12.3. The monoisotopic (exact) mass is 1820 g/mol. The van der Waals surface area contributed by atoms with E-state index >= 15 is 0 Å². The van der Waals surface area contributed by atoms with Gasteiger partial charge in [-0.05, 0) is 109 Å². The fourth-order valence-corrected chi connectivity index (χ4v) is 8.21. The second kappa shape index (κ2) is 47.0. The van der Waals surface area contributed by atoms with Gasteiger partial charge in [0, 0.05) is 53.0 Å². The number of pyridine rings is 5. The summed E-state index contributed by atoms with van der Waals surface area (Å²) in [5, 5.41) is 46.9. The Balaban J connectivity index is -0.00000107. The molecule has 0 bridgehead atoms. The first-order valence-corrected chi connectivity index (χ1v) is 30.7. The highest BCUT2D eigenvalue weighted by molar-refractivity contribution is 14.1. The van der Waals surface area contributed by atoms with Crippen LogP contribution in [0.25, 0.3) is 22.1 Å². The van der Waals surface area contributed by atoms with E-state index < -0.39 is 90.5 Å². The molecule has 98 heavy (non-hydrogen) atoms. The average molecular weight is 1820 g/mol. The average Bonchev–Trinajstić information content (AvgIpc) is 1.66. The zero-order valence-electron chi connectivity index (χ0n) is 52.1. The SMILES string of the molecule is CB1OB(C)OB(C)O1.CC#N.CCO.CO.Cc1cncc2[nH]c(=O)n(CC(F)(F)F)c12.NCC(F)(F)F.Nc1cncc(Br)c1NCC(F)(F)F.O=[N+]([O-])c1cncc(Br)c1Cl.O=[N+]([O-])c1cncc(Br)c1NCC(F)(F)F.O=c1[nH]c2cncc(Br)c2n1CC(F)(F)F.[2H]CI. The molecule has 0 aliphatic carbocycles. The second-order valence-corrected chi connectivity index (χ2v) is 20.9. The number of nitro groups is 2. The smallest absolute Gasteiger partial charge is 0.426 e. The first kappa shape index (κ1) is 93.9. The van der Waals surface area contributed by atoms with Crippen LogP contribution in [0.1, 0.15) is 20.8 Å². The first-order valence-electron chi connectivity index (χ1n) is 26.3. The van der Waals surface area contributed by atoms with Crippen molar-refractivity contribution in [1.82, 2.24) is 44.0 Å². The third-order valence-electron chi connectivity index (χ3n) is 9.50. The van der Waals surface area contributed by atoms with Crippen LogP contribution in [0.3, 0.4) is 0 Å². The van der Waals surface area contributed by atoms with E-state index in [1.807, 2.05) is 48.4 Å². The normalized spacial score (nSPS) is 11.7. The zero-order chi connectivity index (χ0) is 77.6. The Labute approximate surface area is 599 Å². The number of fused-ring (bicyclic) bond motifs is 2. The molecule has 7 aromatic rings. The summed E-state index contributed by atoms with van der Waals surface area (Å²) in [4.78, 5) is 65.5. The summed E-state index contributed by atoms with van der Waals surface area (Å²) in [6.07, 6.45) is -9.17. The maximum absolute atomic E-state index is 12.3. The highest BCUT2D eigenvalue weighted by Gasteiger charge is 2.34. The van der Waals surface area contributed by atoms with Crippen molar-refractivity contribution < 1.29 is 101 Å². The van der Waals surface area contributed by atoms with Crippen LogP contribution in [0.5, 0.6) is 0 Å². The lowest BCUT2D eigenvalue weighted by molar-refractivity contribution is -0.385. The van der Waals surface area contributed by atoms with E-state index in [0.29, 0.717) is 38.5 Å². The Kier molecular flexibility index (Phi) is 45.1. The van der Waals surface area contributed by atoms with E-state index in [1.54, 1.807) is 19.9 Å². The quantitative estimate of drug-likeness (QED) is 0.0175. The van der Waals surface area contributed by atoms with Gasteiger partial charge in [-0.25, -0.2) is 9.59 Å². The molecule has 51 heteroatoms. The second-order valence-electron chi connectivity index (χ2n) is 17.1. The topological polar surface area (TPSA) is 394 Å². The summed E-state index contributed by atoms with van der Waals surface area (Å²) < 4.78 is 201. The minimum Gasteiger partial charge on any atom is -0.453 e. The van der Waals surface area contributed by atoms with Gasteiger partial charge in [-0.1, -0.05) is 34.2 Å². The third kappa shape index (κ3) is 40.2. The number of hydrogen-bond acceptors (Lipinski definition) is 21. The van der Waals surface area contributed by atoms with Crippen LogP contribution in [-0.4, -0.2) is 155 Å². The molecule has 8 rings (SSSR count). The summed E-state index contributed by atoms with van der Waals surface area (Å²) >= 11 is 19.5. The third-order valence-corrected chi connectivity index (χ3v) is 12.5. The van der Waals surface area contributed by atoms with E-state index in [4.69, 9.17) is 47.9 Å². The molecule has 7 aromatic heterocycles. The number of H-pyrrole nitrogens is 2. The van der Waals surface area contributed by atoms with Crippen LogP contribution in [0.2, 0.25) is 25.5 Å². The number of nitrogen functional groups attached to an aromatic ring is 1. The number of aromatic amines is 2. The fraction of sp³-hybridized carbons (Fsp3) is 0.404. The minimum absolute atomic E-state index is 0.0741. The highest BCUT2D eigenvalue weighted by atomic mass is 127. The number of halogens is 21. The molecular formula is C47H56B3Br4ClF15IN16O11. The lowest BCUT2D eigenvalue weighted by Gasteiger charge is -2.25. The lowest BCUT2D eigenvalue weighted by Crippen LogP contribution is -2.44. The molecule has 0 unspecified atom stereocenters. The van der Waals surface area contributed by atoms with Crippen LogP contribution in [-0.2, 0) is 26.8 Å². The Hall–Kier alpha value is -6.18. The van der Waals surface area contributed by atoms with Gasteiger partial charge in [0.2, 0.25) is 0 Å². The number of nitrogens with two attached hydrogens (primary N) is 2. The van der Waals surface area contributed by atoms with Gasteiger partial charge >= 0.3 is 75.0 Å². The summed E-state index contributed by atoms with van der Waals surface area (Å²) in [6, 6.07) is 1.75. The zero-order valence-corrected chi connectivity index (χ0v) is 60.3. The Bertz CT molecular complexity index is 3570. The number of aromatic nitrogens is 9. The van der Waals surface area contributed by atoms with Gasteiger partial charge in [-0.2, -0.15) is 71.1 Å². The van der Waals surface area contributed by atoms with E-state index in [0.717, 1.165) is 19.5 Å². The van der Waals surface area contributed by atoms with Gasteiger partial charge < -0.3 is 56.0 Å². The predicted molar refractivity (Wildman–Crippen MR) is 358 cm³/mol. The molecule has 8 heterocycles. The molecule has 0 radical (unpaired) electrons. The van der Waals surface area contributed by atoms with Gasteiger partial charge in [0.05, 0.1) is 92.4 Å². The number of rotatable bonds is 8. The number of nitrogens with one attached hydrogen (secondary N) is 4. The van der Waals surface area contributed by atoms with Crippen molar-refractivity contribution in [2.24, 2.45) is 5.73 Å². The summed E-state index contributed by atoms with van der Waals surface area (Å²) in [5.74, 6) is 0. The fourth-order valence-electron chi connectivity index (χ4n) is 6.22. The Morgan fingerprint density at radius 3 is 1.33 bits per heavy atom. The number of hydrogen-bond donors (Lipinski definition) is 8. The molecule has 10 N–H and O–H groups in total. The molecule has 0 amide bonds. The van der Waals surface area contributed by atoms with Crippen LogP contribution in [0.4, 0.5) is 94.3 Å². The van der Waals surface area contributed by atoms with Gasteiger partial charge in [0.15, 0.2) is 0 Å². The van der Waals surface area contributed by atoms with Crippen molar-refractivity contribution in [3.05, 3.63) is 132 Å². The number of aliphatic hydroxyl groups excluding tert-OH is 2. The van der Waals surface area contributed by atoms with E-state index in [2.05, 4.69) is 110 Å². The van der Waals surface area contributed by atoms with Crippen LogP contribution < -0.4 is 33.5 Å². The molecule has 0 aromatic carbocycles. The van der Waals surface area contributed by atoms with Gasteiger partial charge in [-0.15, -0.1) is 0 Å². The minimum atomic E-state index is -4.45. The molecule has 27 nitrogen and oxygen atoms in total. The van der Waals surface area contributed by atoms with Gasteiger partial charge in [0.1, 0.15) is 49.3 Å². The van der Waals surface area contributed by atoms with Crippen molar-refractivity contribution >= 4 is 170 Å². The molecule has 0 atom stereocenters. The standard InChI is InChI=1S/C9H8F3N3O.C8H5BrF3N3O.C7H5BrF3N3O2.C7H7BrF3N3.C5H2BrClN2O2.C3H9B3O3.C2H4F3N.C2H3N.C2H6O.CH3I.CH4O/c1-5-2-13-3-6-7(5)15(8(16)14-6)4-9(10,11)12;9-4-1-13-2-5-6(4)15(7(16)14-5)3-8(10,11)12;8-4-1-12-2-5(14(15)16)6(4)13-3-7(9,10)11;8-4-1-13-2-5(12)6(4)14-3-7(9,10)11;6-3-1-8-2-4(5(3)7)9(10)11;1-4-7-5(2)9-6(3)8-4;3-2(4,5)1-6;2*1-2-3;2*1-2/h2-3H,4H2,1H3,(H,14,16);1-2H,3H2,(H,14,16);1-2H,3H2,(H,12,13);1-2H,3,12H2,(H,13,14);1-2H;1-3H3;1,6H2;1H3;3H,2H2,1H3;1H3;2H,1H3/i;;;;;;;;;1D;. The van der Waals surface area contributed by atoms with Crippen LogP contribution in [0.15, 0.2) is 89.4 Å². The molecule has 0 spiro atoms. The number of nitrogens with zero attached hydrogens (tertiary/aromatic N) is 10. The number of alkyl halides is 16. The van der Waals surface area contributed by atoms with Crippen molar-refractivity contribution in [1.29, 1.82) is 5.26 Å². The van der Waals surface area contributed by atoms with Gasteiger partial charge in [-0.3, -0.25) is 54.3 Å². The largest absolute Gasteiger partial charge is 0.453 e. The lowest BCUT2D eigenvalue weighted by atomic mass is 9.74. The van der Waals surface area contributed by atoms with E-state index in [9.17, 15) is 95.7 Å². The number of aliphatic hydroxyl groups is 2. The van der Waals surface area contributed by atoms with Gasteiger partial charge in [0.25, 0.3) is 0 Å². The maximum Gasteiger partial charge on any atom is 0.426 e. The molecule has 546 valence electrons. The summed E-state index contributed by atoms with van der Waals surface area (Å²) in [6.45, 7) is 4.21. The van der Waals surface area contributed by atoms with E-state index in [1.165, 1.54) is 56.5 Å². The van der Waals surface area contributed by atoms with Crippen molar-refractivity contribution in [2.75, 3.05) is 54.6 Å². The molecule has 1 aliphatic rings. The predicted octanol–water partition coefficient (Wildman–Crippen LogP) is 13.3. The molecule has 1 aliphatic heterocycles.